The Hall–Kier alpha value is -2.05. The standard InChI is InChI=1S/C18H21F2N3O/c1-12-7-13(9-22-18(12)24-2)11-23-6-5-21-10-17(23)14-3-4-15(19)16(20)8-14/h3-4,7-9,17,21H,5-6,10-11H2,1-2H3. The first-order valence-electron chi connectivity index (χ1n) is 7.97. The first-order valence-corrected chi connectivity index (χ1v) is 7.97. The van der Waals surface area contributed by atoms with Gasteiger partial charge in [-0.25, -0.2) is 13.8 Å². The zero-order valence-corrected chi connectivity index (χ0v) is 13.9. The molecule has 2 aromatic rings. The maximum Gasteiger partial charge on any atom is 0.215 e. The van der Waals surface area contributed by atoms with Gasteiger partial charge in [0.1, 0.15) is 0 Å². The van der Waals surface area contributed by atoms with Crippen LogP contribution in [-0.2, 0) is 6.54 Å². The molecular formula is C18H21F2N3O. The molecule has 1 aliphatic heterocycles. The Morgan fingerprint density at radius 2 is 2.12 bits per heavy atom. The van der Waals surface area contributed by atoms with Gasteiger partial charge in [-0.3, -0.25) is 4.90 Å². The summed E-state index contributed by atoms with van der Waals surface area (Å²) >= 11 is 0. The van der Waals surface area contributed by atoms with E-state index >= 15 is 0 Å². The number of halogens is 2. The number of benzene rings is 1. The van der Waals surface area contributed by atoms with Gasteiger partial charge < -0.3 is 10.1 Å². The highest BCUT2D eigenvalue weighted by Crippen LogP contribution is 2.26. The molecule has 128 valence electrons. The van der Waals surface area contributed by atoms with Crippen molar-refractivity contribution < 1.29 is 13.5 Å². The van der Waals surface area contributed by atoms with Crippen LogP contribution in [0.2, 0.25) is 0 Å². The third-order valence-electron chi connectivity index (χ3n) is 4.35. The van der Waals surface area contributed by atoms with E-state index < -0.39 is 11.6 Å². The molecule has 2 heterocycles. The molecule has 0 amide bonds. The van der Waals surface area contributed by atoms with Crippen molar-refractivity contribution in [3.05, 3.63) is 58.8 Å². The van der Waals surface area contributed by atoms with Gasteiger partial charge in [-0.05, 0) is 36.2 Å². The van der Waals surface area contributed by atoms with Crippen molar-refractivity contribution in [1.82, 2.24) is 15.2 Å². The van der Waals surface area contributed by atoms with Crippen molar-refractivity contribution in [2.24, 2.45) is 0 Å². The van der Waals surface area contributed by atoms with Crippen molar-refractivity contribution in [2.45, 2.75) is 19.5 Å². The fourth-order valence-corrected chi connectivity index (χ4v) is 3.14. The molecule has 6 heteroatoms. The molecule has 4 nitrogen and oxygen atoms in total. The smallest absolute Gasteiger partial charge is 0.215 e. The molecule has 0 saturated carbocycles. The number of aromatic nitrogens is 1. The average Bonchev–Trinajstić information content (AvgIpc) is 2.58. The highest BCUT2D eigenvalue weighted by Gasteiger charge is 2.25. The lowest BCUT2D eigenvalue weighted by molar-refractivity contribution is 0.153. The van der Waals surface area contributed by atoms with E-state index in [1.54, 1.807) is 19.4 Å². The molecule has 1 atom stereocenters. The number of rotatable bonds is 4. The number of hydrogen-bond donors (Lipinski definition) is 1. The molecule has 3 rings (SSSR count). The Morgan fingerprint density at radius 3 is 2.83 bits per heavy atom. The van der Waals surface area contributed by atoms with Crippen LogP contribution in [0.25, 0.3) is 0 Å². The highest BCUT2D eigenvalue weighted by molar-refractivity contribution is 5.29. The topological polar surface area (TPSA) is 37.4 Å². The van der Waals surface area contributed by atoms with E-state index in [9.17, 15) is 8.78 Å². The van der Waals surface area contributed by atoms with Gasteiger partial charge >= 0.3 is 0 Å². The molecule has 1 aromatic carbocycles. The molecule has 0 radical (unpaired) electrons. The van der Waals surface area contributed by atoms with E-state index in [1.165, 1.54) is 12.1 Å². The summed E-state index contributed by atoms with van der Waals surface area (Å²) < 4.78 is 32.0. The number of piperazine rings is 1. The number of pyridine rings is 1. The summed E-state index contributed by atoms with van der Waals surface area (Å²) in [4.78, 5) is 6.57. The molecule has 1 N–H and O–H groups in total. The number of nitrogens with one attached hydrogen (secondary N) is 1. The maximum atomic E-state index is 13.6. The van der Waals surface area contributed by atoms with Crippen LogP contribution >= 0.6 is 0 Å². The van der Waals surface area contributed by atoms with Crippen LogP contribution in [0.15, 0.2) is 30.5 Å². The number of methoxy groups -OCH3 is 1. The first-order chi connectivity index (χ1) is 11.6. The largest absolute Gasteiger partial charge is 0.481 e. The second kappa shape index (κ2) is 7.23. The second-order valence-corrected chi connectivity index (χ2v) is 6.03. The normalized spacial score (nSPS) is 18.6. The number of ether oxygens (including phenoxy) is 1. The SMILES string of the molecule is COc1ncc(CN2CCNCC2c2ccc(F)c(F)c2)cc1C. The second-order valence-electron chi connectivity index (χ2n) is 6.03. The van der Waals surface area contributed by atoms with Crippen LogP contribution in [0.5, 0.6) is 5.88 Å². The third kappa shape index (κ3) is 3.55. The lowest BCUT2D eigenvalue weighted by Crippen LogP contribution is -2.45. The Bertz CT molecular complexity index is 723. The number of hydrogen-bond acceptors (Lipinski definition) is 4. The molecule has 1 aromatic heterocycles. The fraction of sp³-hybridized carbons (Fsp3) is 0.389. The molecular weight excluding hydrogens is 312 g/mol. The summed E-state index contributed by atoms with van der Waals surface area (Å²) in [5, 5.41) is 3.32. The van der Waals surface area contributed by atoms with Gasteiger partial charge in [0.15, 0.2) is 11.6 Å². The summed E-state index contributed by atoms with van der Waals surface area (Å²) in [6.45, 7) is 5.05. The zero-order valence-electron chi connectivity index (χ0n) is 13.9. The van der Waals surface area contributed by atoms with E-state index in [-0.39, 0.29) is 6.04 Å². The van der Waals surface area contributed by atoms with Crippen molar-refractivity contribution in [1.29, 1.82) is 0 Å². The van der Waals surface area contributed by atoms with Crippen molar-refractivity contribution >= 4 is 0 Å². The Morgan fingerprint density at radius 1 is 1.29 bits per heavy atom. The lowest BCUT2D eigenvalue weighted by atomic mass is 10.0. The molecule has 24 heavy (non-hydrogen) atoms. The number of aryl methyl sites for hydroxylation is 1. The van der Waals surface area contributed by atoms with E-state index in [2.05, 4.69) is 21.3 Å². The van der Waals surface area contributed by atoms with E-state index in [0.717, 1.165) is 29.8 Å². The van der Waals surface area contributed by atoms with Crippen LogP contribution < -0.4 is 10.1 Å². The molecule has 1 aliphatic rings. The van der Waals surface area contributed by atoms with Crippen LogP contribution in [0.3, 0.4) is 0 Å². The summed E-state index contributed by atoms with van der Waals surface area (Å²) in [5.74, 6) is -1.000. The quantitative estimate of drug-likeness (QED) is 0.934. The number of nitrogens with zero attached hydrogens (tertiary/aromatic N) is 2. The van der Waals surface area contributed by atoms with E-state index in [4.69, 9.17) is 4.74 Å². The molecule has 0 bridgehead atoms. The first kappa shape index (κ1) is 16.8. The van der Waals surface area contributed by atoms with Crippen LogP contribution in [0.1, 0.15) is 22.7 Å². The third-order valence-corrected chi connectivity index (χ3v) is 4.35. The molecule has 1 unspecified atom stereocenters. The van der Waals surface area contributed by atoms with Crippen molar-refractivity contribution in [3.63, 3.8) is 0 Å². The fourth-order valence-electron chi connectivity index (χ4n) is 3.14. The van der Waals surface area contributed by atoms with Gasteiger partial charge in [-0.15, -0.1) is 0 Å². The monoisotopic (exact) mass is 333 g/mol. The van der Waals surface area contributed by atoms with Gasteiger partial charge in [0.2, 0.25) is 5.88 Å². The predicted octanol–water partition coefficient (Wildman–Crippen LogP) is 2.82. The van der Waals surface area contributed by atoms with Crippen LogP contribution in [0.4, 0.5) is 8.78 Å². The van der Waals surface area contributed by atoms with Gasteiger partial charge in [-0.2, -0.15) is 0 Å². The minimum atomic E-state index is -0.816. The molecule has 1 fully saturated rings. The molecule has 0 spiro atoms. The van der Waals surface area contributed by atoms with Crippen LogP contribution in [0, 0.1) is 18.6 Å². The lowest BCUT2D eigenvalue weighted by Gasteiger charge is -2.36. The summed E-state index contributed by atoms with van der Waals surface area (Å²) in [6.07, 6.45) is 1.80. The molecule has 0 aliphatic carbocycles. The van der Waals surface area contributed by atoms with E-state index in [0.29, 0.717) is 19.0 Å². The average molecular weight is 333 g/mol. The van der Waals surface area contributed by atoms with E-state index in [1.807, 2.05) is 6.92 Å². The minimum absolute atomic E-state index is 0.00347. The summed E-state index contributed by atoms with van der Waals surface area (Å²) in [7, 11) is 1.60. The Balaban J connectivity index is 1.81. The predicted molar refractivity (Wildman–Crippen MR) is 87.9 cm³/mol. The molecule has 1 saturated heterocycles. The van der Waals surface area contributed by atoms with Crippen molar-refractivity contribution in [3.8, 4) is 5.88 Å². The van der Waals surface area contributed by atoms with Gasteiger partial charge in [0.25, 0.3) is 0 Å². The maximum absolute atomic E-state index is 13.6. The summed E-state index contributed by atoms with van der Waals surface area (Å²) in [6, 6.07) is 6.18. The van der Waals surface area contributed by atoms with Gasteiger partial charge in [0, 0.05) is 44.0 Å². The van der Waals surface area contributed by atoms with Crippen molar-refractivity contribution in [2.75, 3.05) is 26.7 Å². The Kier molecular flexibility index (Phi) is 5.06. The van der Waals surface area contributed by atoms with Gasteiger partial charge in [-0.1, -0.05) is 6.07 Å². The van der Waals surface area contributed by atoms with Crippen LogP contribution in [-0.4, -0.2) is 36.6 Å². The highest BCUT2D eigenvalue weighted by atomic mass is 19.2. The van der Waals surface area contributed by atoms with Gasteiger partial charge in [0.05, 0.1) is 7.11 Å². The zero-order chi connectivity index (χ0) is 17.1. The minimum Gasteiger partial charge on any atom is -0.481 e. The Labute approximate surface area is 140 Å². The summed E-state index contributed by atoms with van der Waals surface area (Å²) in [5.41, 5.74) is 2.83.